The SMILES string of the molecule is O=Cc1ccc([N+](=O)[O-])c(OC2CCCCC2)c1. The molecule has 0 aromatic heterocycles. The van der Waals surface area contributed by atoms with Crippen LogP contribution in [0.1, 0.15) is 42.5 Å². The lowest BCUT2D eigenvalue weighted by Crippen LogP contribution is -2.20. The quantitative estimate of drug-likeness (QED) is 0.467. The third-order valence-corrected chi connectivity index (χ3v) is 3.16. The number of rotatable bonds is 4. The van der Waals surface area contributed by atoms with Crippen LogP contribution in [0.4, 0.5) is 5.69 Å². The predicted molar refractivity (Wildman–Crippen MR) is 66.0 cm³/mol. The molecular weight excluding hydrogens is 234 g/mol. The van der Waals surface area contributed by atoms with E-state index in [1.807, 2.05) is 0 Å². The molecule has 1 aliphatic rings. The Bertz CT molecular complexity index is 452. The van der Waals surface area contributed by atoms with Gasteiger partial charge < -0.3 is 4.74 Å². The second-order valence-corrected chi connectivity index (χ2v) is 4.48. The standard InChI is InChI=1S/C13H15NO4/c15-9-10-6-7-12(14(16)17)13(8-10)18-11-4-2-1-3-5-11/h6-9,11H,1-5H2. The molecule has 5 heteroatoms. The third-order valence-electron chi connectivity index (χ3n) is 3.16. The van der Waals surface area contributed by atoms with Crippen molar-refractivity contribution in [1.29, 1.82) is 0 Å². The normalized spacial score (nSPS) is 16.2. The fourth-order valence-electron chi connectivity index (χ4n) is 2.21. The first kappa shape index (κ1) is 12.5. The lowest BCUT2D eigenvalue weighted by Gasteiger charge is -2.22. The molecule has 0 spiro atoms. The lowest BCUT2D eigenvalue weighted by molar-refractivity contribution is -0.386. The summed E-state index contributed by atoms with van der Waals surface area (Å²) in [5.41, 5.74) is 0.317. The maximum atomic E-state index is 10.9. The molecule has 1 saturated carbocycles. The number of nitro benzene ring substituents is 1. The monoisotopic (exact) mass is 249 g/mol. The molecule has 0 radical (unpaired) electrons. The van der Waals surface area contributed by atoms with Crippen molar-refractivity contribution in [2.24, 2.45) is 0 Å². The summed E-state index contributed by atoms with van der Waals surface area (Å²) < 4.78 is 5.69. The van der Waals surface area contributed by atoms with E-state index in [0.717, 1.165) is 25.7 Å². The van der Waals surface area contributed by atoms with E-state index in [9.17, 15) is 14.9 Å². The Labute approximate surface area is 105 Å². The Hall–Kier alpha value is -1.91. The van der Waals surface area contributed by atoms with Gasteiger partial charge in [0.1, 0.15) is 6.29 Å². The number of aldehydes is 1. The van der Waals surface area contributed by atoms with Gasteiger partial charge in [0.05, 0.1) is 11.0 Å². The van der Waals surface area contributed by atoms with Gasteiger partial charge in [-0.05, 0) is 37.8 Å². The van der Waals surface area contributed by atoms with Crippen LogP contribution in [0, 0.1) is 10.1 Å². The molecule has 0 aliphatic heterocycles. The average Bonchev–Trinajstić information content (AvgIpc) is 2.39. The van der Waals surface area contributed by atoms with Crippen molar-refractivity contribution in [3.05, 3.63) is 33.9 Å². The fraction of sp³-hybridized carbons (Fsp3) is 0.462. The summed E-state index contributed by atoms with van der Waals surface area (Å²) in [6.07, 6.45) is 5.90. The van der Waals surface area contributed by atoms with E-state index in [-0.39, 0.29) is 17.5 Å². The van der Waals surface area contributed by atoms with Crippen molar-refractivity contribution in [2.45, 2.75) is 38.2 Å². The topological polar surface area (TPSA) is 69.4 Å². The van der Waals surface area contributed by atoms with Crippen molar-refractivity contribution in [3.8, 4) is 5.75 Å². The molecule has 2 rings (SSSR count). The molecule has 1 aliphatic carbocycles. The number of carbonyl (C=O) groups is 1. The number of benzene rings is 1. The fourth-order valence-corrected chi connectivity index (χ4v) is 2.21. The number of hydrogen-bond acceptors (Lipinski definition) is 4. The smallest absolute Gasteiger partial charge is 0.310 e. The van der Waals surface area contributed by atoms with E-state index in [4.69, 9.17) is 4.74 Å². The van der Waals surface area contributed by atoms with E-state index in [2.05, 4.69) is 0 Å². The predicted octanol–water partition coefficient (Wildman–Crippen LogP) is 3.12. The van der Waals surface area contributed by atoms with Crippen molar-refractivity contribution in [1.82, 2.24) is 0 Å². The van der Waals surface area contributed by atoms with Gasteiger partial charge in [-0.1, -0.05) is 6.42 Å². The Balaban J connectivity index is 2.22. The minimum absolute atomic E-state index is 0.0272. The molecule has 0 amide bonds. The zero-order valence-corrected chi connectivity index (χ0v) is 10.0. The molecule has 5 nitrogen and oxygen atoms in total. The van der Waals surface area contributed by atoms with Gasteiger partial charge in [0, 0.05) is 11.6 Å². The minimum Gasteiger partial charge on any atom is -0.483 e. The first-order valence-electron chi connectivity index (χ1n) is 6.11. The summed E-state index contributed by atoms with van der Waals surface area (Å²) in [7, 11) is 0. The largest absolute Gasteiger partial charge is 0.483 e. The highest BCUT2D eigenvalue weighted by Crippen LogP contribution is 2.31. The second-order valence-electron chi connectivity index (χ2n) is 4.48. The number of ether oxygens (including phenoxy) is 1. The maximum Gasteiger partial charge on any atom is 0.310 e. The Kier molecular flexibility index (Phi) is 3.92. The first-order valence-corrected chi connectivity index (χ1v) is 6.11. The van der Waals surface area contributed by atoms with Crippen LogP contribution in [-0.4, -0.2) is 17.3 Å². The number of nitrogens with zero attached hydrogens (tertiary/aromatic N) is 1. The third kappa shape index (κ3) is 2.85. The van der Waals surface area contributed by atoms with Crippen LogP contribution in [0.2, 0.25) is 0 Å². The first-order chi connectivity index (χ1) is 8.70. The van der Waals surface area contributed by atoms with Crippen LogP contribution in [0.15, 0.2) is 18.2 Å². The van der Waals surface area contributed by atoms with Gasteiger partial charge in [0.25, 0.3) is 0 Å². The van der Waals surface area contributed by atoms with E-state index in [1.54, 1.807) is 0 Å². The number of nitro groups is 1. The zero-order chi connectivity index (χ0) is 13.0. The van der Waals surface area contributed by atoms with E-state index < -0.39 is 4.92 Å². The van der Waals surface area contributed by atoms with Crippen LogP contribution in [0.25, 0.3) is 0 Å². The summed E-state index contributed by atoms with van der Waals surface area (Å²) >= 11 is 0. The molecule has 0 heterocycles. The molecule has 0 bridgehead atoms. The highest BCUT2D eigenvalue weighted by Gasteiger charge is 2.21. The van der Waals surface area contributed by atoms with Crippen LogP contribution in [0.3, 0.4) is 0 Å². The highest BCUT2D eigenvalue weighted by atomic mass is 16.6. The van der Waals surface area contributed by atoms with Crippen LogP contribution in [-0.2, 0) is 0 Å². The molecule has 1 fully saturated rings. The van der Waals surface area contributed by atoms with Gasteiger partial charge in [-0.2, -0.15) is 0 Å². The van der Waals surface area contributed by atoms with Crippen LogP contribution >= 0.6 is 0 Å². The van der Waals surface area contributed by atoms with Crippen LogP contribution in [0.5, 0.6) is 5.75 Å². The molecule has 0 atom stereocenters. The average molecular weight is 249 g/mol. The van der Waals surface area contributed by atoms with Gasteiger partial charge in [-0.3, -0.25) is 14.9 Å². The second kappa shape index (κ2) is 5.62. The maximum absolute atomic E-state index is 10.9. The van der Waals surface area contributed by atoms with Crippen molar-refractivity contribution in [3.63, 3.8) is 0 Å². The molecule has 0 saturated heterocycles. The Morgan fingerprint density at radius 2 is 2.00 bits per heavy atom. The van der Waals surface area contributed by atoms with Crippen molar-refractivity contribution in [2.75, 3.05) is 0 Å². The number of hydrogen-bond donors (Lipinski definition) is 0. The van der Waals surface area contributed by atoms with Gasteiger partial charge >= 0.3 is 5.69 Å². The molecule has 96 valence electrons. The van der Waals surface area contributed by atoms with E-state index >= 15 is 0 Å². The molecule has 0 N–H and O–H groups in total. The molecule has 18 heavy (non-hydrogen) atoms. The Morgan fingerprint density at radius 3 is 2.61 bits per heavy atom. The summed E-state index contributed by atoms with van der Waals surface area (Å²) in [6, 6.07) is 4.19. The zero-order valence-electron chi connectivity index (χ0n) is 10.0. The summed E-state index contributed by atoms with van der Waals surface area (Å²) in [4.78, 5) is 21.1. The van der Waals surface area contributed by atoms with Gasteiger partial charge in [-0.25, -0.2) is 0 Å². The molecule has 1 aromatic carbocycles. The summed E-state index contributed by atoms with van der Waals surface area (Å²) in [6.45, 7) is 0. The molecule has 0 unspecified atom stereocenters. The van der Waals surface area contributed by atoms with Crippen LogP contribution < -0.4 is 4.74 Å². The minimum atomic E-state index is -0.479. The van der Waals surface area contributed by atoms with Gasteiger partial charge in [0.15, 0.2) is 5.75 Å². The van der Waals surface area contributed by atoms with Gasteiger partial charge in [-0.15, -0.1) is 0 Å². The summed E-state index contributed by atoms with van der Waals surface area (Å²) in [5, 5.41) is 10.9. The highest BCUT2D eigenvalue weighted by molar-refractivity contribution is 5.76. The Morgan fingerprint density at radius 1 is 1.28 bits per heavy atom. The molecule has 1 aromatic rings. The van der Waals surface area contributed by atoms with Gasteiger partial charge in [0.2, 0.25) is 0 Å². The lowest BCUT2D eigenvalue weighted by atomic mass is 9.98. The van der Waals surface area contributed by atoms with Crippen molar-refractivity contribution >= 4 is 12.0 Å². The molecular formula is C13H15NO4. The number of carbonyl (C=O) groups excluding carboxylic acids is 1. The van der Waals surface area contributed by atoms with E-state index in [1.165, 1.54) is 24.6 Å². The van der Waals surface area contributed by atoms with Crippen molar-refractivity contribution < 1.29 is 14.5 Å². The summed E-state index contributed by atoms with van der Waals surface area (Å²) in [5.74, 6) is 0.205. The van der Waals surface area contributed by atoms with E-state index in [0.29, 0.717) is 11.8 Å².